The van der Waals surface area contributed by atoms with Crippen LogP contribution in [0.4, 0.5) is 0 Å². The molecule has 3 nitrogen and oxygen atoms in total. The van der Waals surface area contributed by atoms with Crippen LogP contribution in [-0.2, 0) is 11.2 Å². The SMILES string of the molecule is Cc1c(C)c(C)c2c(c1C)CCC(C)(C(=O)O)O2. The maximum Gasteiger partial charge on any atom is 0.347 e. The standard InChI is InChI=1S/C15H20O3/c1-8-9(2)11(4)13-12(10(8)3)6-7-15(5,18-13)14(16)17/h6-7H2,1-5H3,(H,16,17). The van der Waals surface area contributed by atoms with E-state index in [4.69, 9.17) is 4.74 Å². The first-order chi connectivity index (χ1) is 8.28. The monoisotopic (exact) mass is 248 g/mol. The first-order valence-electron chi connectivity index (χ1n) is 6.29. The topological polar surface area (TPSA) is 46.5 Å². The average molecular weight is 248 g/mol. The summed E-state index contributed by atoms with van der Waals surface area (Å²) in [5, 5.41) is 9.28. The normalized spacial score (nSPS) is 22.3. The van der Waals surface area contributed by atoms with E-state index < -0.39 is 11.6 Å². The number of aliphatic carboxylic acids is 1. The molecule has 0 spiro atoms. The van der Waals surface area contributed by atoms with E-state index in [0.717, 1.165) is 17.7 Å². The molecule has 0 bridgehead atoms. The van der Waals surface area contributed by atoms with Gasteiger partial charge in [0.05, 0.1) is 0 Å². The van der Waals surface area contributed by atoms with Crippen molar-refractivity contribution in [2.75, 3.05) is 0 Å². The van der Waals surface area contributed by atoms with E-state index in [0.29, 0.717) is 6.42 Å². The second-order valence-electron chi connectivity index (χ2n) is 5.45. The van der Waals surface area contributed by atoms with Gasteiger partial charge in [-0.25, -0.2) is 4.79 Å². The van der Waals surface area contributed by atoms with Crippen molar-refractivity contribution in [2.24, 2.45) is 0 Å². The van der Waals surface area contributed by atoms with Crippen LogP contribution in [0.25, 0.3) is 0 Å². The highest BCUT2D eigenvalue weighted by molar-refractivity contribution is 5.78. The molecule has 1 aliphatic rings. The maximum atomic E-state index is 11.3. The number of hydrogen-bond donors (Lipinski definition) is 1. The van der Waals surface area contributed by atoms with Gasteiger partial charge in [-0.15, -0.1) is 0 Å². The number of fused-ring (bicyclic) bond motifs is 1. The molecule has 1 heterocycles. The Balaban J connectivity index is 2.61. The highest BCUT2D eigenvalue weighted by atomic mass is 16.5. The van der Waals surface area contributed by atoms with Gasteiger partial charge in [-0.3, -0.25) is 0 Å². The van der Waals surface area contributed by atoms with Crippen LogP contribution in [0, 0.1) is 27.7 Å². The Hall–Kier alpha value is -1.51. The zero-order valence-electron chi connectivity index (χ0n) is 11.7. The van der Waals surface area contributed by atoms with Crippen molar-refractivity contribution in [1.82, 2.24) is 0 Å². The predicted molar refractivity (Wildman–Crippen MR) is 70.4 cm³/mol. The zero-order valence-corrected chi connectivity index (χ0v) is 11.7. The van der Waals surface area contributed by atoms with Crippen LogP contribution in [0.3, 0.4) is 0 Å². The van der Waals surface area contributed by atoms with Crippen LogP contribution in [0.1, 0.15) is 41.2 Å². The molecule has 0 aliphatic carbocycles. The number of benzene rings is 1. The molecule has 1 aromatic rings. The van der Waals surface area contributed by atoms with Gasteiger partial charge in [-0.05, 0) is 68.9 Å². The van der Waals surface area contributed by atoms with E-state index in [1.165, 1.54) is 22.3 Å². The highest BCUT2D eigenvalue weighted by Gasteiger charge is 2.40. The summed E-state index contributed by atoms with van der Waals surface area (Å²) in [5.41, 5.74) is 4.87. The van der Waals surface area contributed by atoms with Crippen molar-refractivity contribution < 1.29 is 14.6 Å². The van der Waals surface area contributed by atoms with Gasteiger partial charge < -0.3 is 9.84 Å². The molecule has 1 atom stereocenters. The summed E-state index contributed by atoms with van der Waals surface area (Å²) < 4.78 is 5.83. The van der Waals surface area contributed by atoms with Gasteiger partial charge in [0.25, 0.3) is 0 Å². The lowest BCUT2D eigenvalue weighted by Crippen LogP contribution is -2.44. The molecule has 1 N–H and O–H groups in total. The Bertz CT molecular complexity index is 531. The van der Waals surface area contributed by atoms with Crippen molar-refractivity contribution in [3.8, 4) is 5.75 Å². The minimum Gasteiger partial charge on any atom is -0.478 e. The molecule has 3 heteroatoms. The summed E-state index contributed by atoms with van der Waals surface area (Å²) in [5.74, 6) is -0.102. The molecule has 0 saturated heterocycles. The lowest BCUT2D eigenvalue weighted by Gasteiger charge is -2.35. The summed E-state index contributed by atoms with van der Waals surface area (Å²) in [7, 11) is 0. The Labute approximate surface area is 108 Å². The fourth-order valence-electron chi connectivity index (χ4n) is 2.59. The van der Waals surface area contributed by atoms with E-state index in [-0.39, 0.29) is 0 Å². The molecule has 98 valence electrons. The molecule has 18 heavy (non-hydrogen) atoms. The molecule has 0 fully saturated rings. The lowest BCUT2D eigenvalue weighted by atomic mass is 9.85. The molecule has 2 rings (SSSR count). The predicted octanol–water partition coefficient (Wildman–Crippen LogP) is 3.09. The van der Waals surface area contributed by atoms with Crippen molar-refractivity contribution in [2.45, 2.75) is 53.1 Å². The number of rotatable bonds is 1. The molecule has 1 aliphatic heterocycles. The fraction of sp³-hybridized carbons (Fsp3) is 0.533. The van der Waals surface area contributed by atoms with Crippen molar-refractivity contribution in [3.63, 3.8) is 0 Å². The van der Waals surface area contributed by atoms with Gasteiger partial charge in [-0.1, -0.05) is 0 Å². The first-order valence-corrected chi connectivity index (χ1v) is 6.29. The summed E-state index contributed by atoms with van der Waals surface area (Å²) in [4.78, 5) is 11.3. The number of hydrogen-bond acceptors (Lipinski definition) is 2. The molecule has 0 saturated carbocycles. The number of carboxylic acids is 1. The van der Waals surface area contributed by atoms with Crippen molar-refractivity contribution >= 4 is 5.97 Å². The largest absolute Gasteiger partial charge is 0.478 e. The van der Waals surface area contributed by atoms with Gasteiger partial charge in [-0.2, -0.15) is 0 Å². The van der Waals surface area contributed by atoms with Gasteiger partial charge >= 0.3 is 5.97 Å². The Kier molecular flexibility index (Phi) is 2.88. The molecule has 0 aromatic heterocycles. The Morgan fingerprint density at radius 3 is 2.22 bits per heavy atom. The third-order valence-electron chi connectivity index (χ3n) is 4.39. The molecule has 0 amide bonds. The highest BCUT2D eigenvalue weighted by Crippen LogP contribution is 2.40. The Morgan fingerprint density at radius 1 is 1.11 bits per heavy atom. The van der Waals surface area contributed by atoms with Crippen LogP contribution < -0.4 is 4.74 Å². The van der Waals surface area contributed by atoms with Crippen molar-refractivity contribution in [3.05, 3.63) is 27.8 Å². The number of ether oxygens (including phenoxy) is 1. The molecular weight excluding hydrogens is 228 g/mol. The second-order valence-corrected chi connectivity index (χ2v) is 5.45. The van der Waals surface area contributed by atoms with E-state index in [1.54, 1.807) is 6.92 Å². The van der Waals surface area contributed by atoms with Crippen LogP contribution in [0.2, 0.25) is 0 Å². The number of carbonyl (C=O) groups is 1. The summed E-state index contributed by atoms with van der Waals surface area (Å²) in [6.45, 7) is 9.93. The minimum atomic E-state index is -1.09. The van der Waals surface area contributed by atoms with Gasteiger partial charge in [0.2, 0.25) is 5.60 Å². The van der Waals surface area contributed by atoms with E-state index in [1.807, 2.05) is 6.92 Å². The Morgan fingerprint density at radius 2 is 1.67 bits per heavy atom. The summed E-state index contributed by atoms with van der Waals surface area (Å²) in [6, 6.07) is 0. The van der Waals surface area contributed by atoms with E-state index >= 15 is 0 Å². The lowest BCUT2D eigenvalue weighted by molar-refractivity contribution is -0.155. The van der Waals surface area contributed by atoms with Crippen LogP contribution >= 0.6 is 0 Å². The van der Waals surface area contributed by atoms with Gasteiger partial charge in [0.15, 0.2) is 0 Å². The minimum absolute atomic E-state index is 0.526. The average Bonchev–Trinajstić information content (AvgIpc) is 2.33. The molecule has 1 aromatic carbocycles. The summed E-state index contributed by atoms with van der Waals surface area (Å²) >= 11 is 0. The quantitative estimate of drug-likeness (QED) is 0.830. The third kappa shape index (κ3) is 1.69. The number of carboxylic acid groups (broad SMARTS) is 1. The van der Waals surface area contributed by atoms with Gasteiger partial charge in [0, 0.05) is 6.42 Å². The van der Waals surface area contributed by atoms with Gasteiger partial charge in [0.1, 0.15) is 5.75 Å². The zero-order chi connectivity index (χ0) is 13.7. The third-order valence-corrected chi connectivity index (χ3v) is 4.39. The summed E-state index contributed by atoms with van der Waals surface area (Å²) in [6.07, 6.45) is 1.30. The fourth-order valence-corrected chi connectivity index (χ4v) is 2.59. The molecule has 1 unspecified atom stereocenters. The van der Waals surface area contributed by atoms with E-state index in [9.17, 15) is 9.90 Å². The molecular formula is C15H20O3. The van der Waals surface area contributed by atoms with Crippen LogP contribution in [0.15, 0.2) is 0 Å². The smallest absolute Gasteiger partial charge is 0.347 e. The van der Waals surface area contributed by atoms with Crippen LogP contribution in [-0.4, -0.2) is 16.7 Å². The maximum absolute atomic E-state index is 11.3. The second kappa shape index (κ2) is 4.01. The van der Waals surface area contributed by atoms with E-state index in [2.05, 4.69) is 20.8 Å². The van der Waals surface area contributed by atoms with Crippen molar-refractivity contribution in [1.29, 1.82) is 0 Å². The van der Waals surface area contributed by atoms with Crippen LogP contribution in [0.5, 0.6) is 5.75 Å². The molecule has 0 radical (unpaired) electrons. The first kappa shape index (κ1) is 12.9.